The molecule has 8 aliphatic heterocycles. The quantitative estimate of drug-likeness (QED) is 0.0643. The molecule has 0 aromatic carbocycles. The summed E-state index contributed by atoms with van der Waals surface area (Å²) in [5, 5.41) is 227. The van der Waals surface area contributed by atoms with Crippen LogP contribution >= 0.6 is 0 Å². The van der Waals surface area contributed by atoms with Crippen LogP contribution in [0.4, 0.5) is 0 Å². The summed E-state index contributed by atoms with van der Waals surface area (Å²) < 4.78 is 88.3. The highest BCUT2D eigenvalue weighted by atomic mass is 16.8. The topological polar surface area (TPSA) is 563 Å². The third-order valence-electron chi connectivity index (χ3n) is 15.8. The molecule has 38 atom stereocenters. The molecule has 0 bridgehead atoms. The van der Waals surface area contributed by atoms with E-state index in [1.165, 1.54) is 20.8 Å². The summed E-state index contributed by atoms with van der Waals surface area (Å²) >= 11 is 0. The first-order valence-corrected chi connectivity index (χ1v) is 26.5. The Morgan fingerprint density at radius 2 is 0.695 bits per heavy atom. The molecule has 0 saturated carbocycles. The summed E-state index contributed by atoms with van der Waals surface area (Å²) in [6.45, 7) is -0.387. The van der Waals surface area contributed by atoms with E-state index in [-0.39, 0.29) is 0 Å². The van der Waals surface area contributed by atoms with Crippen LogP contribution in [-0.4, -0.2) is 374 Å². The zero-order valence-electron chi connectivity index (χ0n) is 44.0. The van der Waals surface area contributed by atoms with Crippen molar-refractivity contribution < 1.29 is 178 Å². The number of rotatable bonds is 17. The molecule has 0 aromatic heterocycles. The Morgan fingerprint density at radius 3 is 1.26 bits per heavy atom. The van der Waals surface area contributed by atoms with Crippen molar-refractivity contribution in [1.29, 1.82) is 0 Å². The molecule has 8 heterocycles. The van der Waals surface area contributed by atoms with E-state index in [0.717, 1.165) is 0 Å². The minimum atomic E-state index is -2.26. The summed E-state index contributed by atoms with van der Waals surface area (Å²) in [5.41, 5.74) is 0. The number of hydrogen-bond donors (Lipinski definition) is 21. The van der Waals surface area contributed by atoms with Gasteiger partial charge in [0.15, 0.2) is 50.3 Å². The Kier molecular flexibility index (Phi) is 22.7. The van der Waals surface area contributed by atoms with E-state index in [2.05, 4.69) is 0 Å². The van der Waals surface area contributed by atoms with E-state index < -0.39 is 266 Å². The molecule has 36 heteroatoms. The molecule has 0 spiro atoms. The van der Waals surface area contributed by atoms with Crippen molar-refractivity contribution in [3.05, 3.63) is 0 Å². The van der Waals surface area contributed by atoms with Crippen LogP contribution < -0.4 is 0 Å². The first kappa shape index (κ1) is 66.5. The van der Waals surface area contributed by atoms with E-state index in [0.29, 0.717) is 0 Å². The fourth-order valence-corrected chi connectivity index (χ4v) is 10.7. The molecule has 0 aromatic rings. The molecule has 0 aliphatic carbocycles. The zero-order valence-corrected chi connectivity index (χ0v) is 44.0. The van der Waals surface area contributed by atoms with Gasteiger partial charge in [-0.2, -0.15) is 0 Å². The van der Waals surface area contributed by atoms with Gasteiger partial charge in [-0.3, -0.25) is 0 Å². The third-order valence-corrected chi connectivity index (χ3v) is 15.8. The second kappa shape index (κ2) is 27.9. The highest BCUT2D eigenvalue weighted by Gasteiger charge is 2.60. The summed E-state index contributed by atoms with van der Waals surface area (Å²) in [4.78, 5) is 0. The predicted octanol–water partition coefficient (Wildman–Crippen LogP) is -14.1. The molecular weight excluding hydrogens is 1130 g/mol. The molecule has 8 rings (SSSR count). The maximum absolute atomic E-state index is 12.1. The highest BCUT2D eigenvalue weighted by Crippen LogP contribution is 2.40. The van der Waals surface area contributed by atoms with Gasteiger partial charge >= 0.3 is 0 Å². The molecule has 478 valence electrons. The Morgan fingerprint density at radius 1 is 0.280 bits per heavy atom. The fourth-order valence-electron chi connectivity index (χ4n) is 10.7. The van der Waals surface area contributed by atoms with E-state index in [1.54, 1.807) is 0 Å². The van der Waals surface area contributed by atoms with Crippen LogP contribution in [0.5, 0.6) is 0 Å². The van der Waals surface area contributed by atoms with Crippen LogP contribution in [0.1, 0.15) is 20.8 Å². The fraction of sp³-hybridized carbons (Fsp3) is 1.00. The van der Waals surface area contributed by atoms with Gasteiger partial charge in [0.05, 0.1) is 51.3 Å². The van der Waals surface area contributed by atoms with Crippen molar-refractivity contribution in [2.75, 3.05) is 33.0 Å². The molecule has 0 amide bonds. The van der Waals surface area contributed by atoms with Crippen molar-refractivity contribution in [2.24, 2.45) is 0 Å². The lowest BCUT2D eigenvalue weighted by molar-refractivity contribution is -0.421. The number of aliphatic hydroxyl groups excluding tert-OH is 21. The SMILES string of the molecule is C[C@@H]1O[C@H](O[C@@H]2CO[C@@H](O[C@H]3[C@@H](O[C@H]4O[C@H](C)[C@@H](O)[C@H](O[C@H]5O[C@H](CO)[C@@H](O)[C@H](O)[C@@H]5O)[C@@H]4O)[C@H](O[C@H]4O[C@H](CO)[C@H](O)[C@H](O)[C@H]4O)[C@H](O[C@@H]4[C@@H](O)[C@H](O)O[C@H](CO)[C@H]4O[C@@H]4OC[C@@H](O)[C@H](O)[C@H]4O)O[C@H]3C)[C@H](O)[C@H]2O)[C@H](O)[C@H](O)[C@H]1O. The van der Waals surface area contributed by atoms with Gasteiger partial charge < -0.3 is 178 Å². The van der Waals surface area contributed by atoms with E-state index in [1.807, 2.05) is 0 Å². The van der Waals surface area contributed by atoms with Crippen molar-refractivity contribution in [3.63, 3.8) is 0 Å². The third kappa shape index (κ3) is 13.6. The van der Waals surface area contributed by atoms with Crippen LogP contribution in [0, 0.1) is 0 Å². The molecule has 21 N–H and O–H groups in total. The van der Waals surface area contributed by atoms with Gasteiger partial charge in [-0.15, -0.1) is 0 Å². The van der Waals surface area contributed by atoms with Gasteiger partial charge in [0, 0.05) is 0 Å². The molecule has 8 aliphatic rings. The largest absolute Gasteiger partial charge is 0.394 e. The second-order valence-corrected chi connectivity index (χ2v) is 21.4. The van der Waals surface area contributed by atoms with Crippen LogP contribution in [0.25, 0.3) is 0 Å². The van der Waals surface area contributed by atoms with Gasteiger partial charge in [0.2, 0.25) is 0 Å². The van der Waals surface area contributed by atoms with Crippen molar-refractivity contribution >= 4 is 0 Å². The van der Waals surface area contributed by atoms with Crippen LogP contribution in [0.3, 0.4) is 0 Å². The van der Waals surface area contributed by atoms with Crippen molar-refractivity contribution in [2.45, 2.75) is 254 Å². The Labute approximate surface area is 464 Å². The van der Waals surface area contributed by atoms with Crippen LogP contribution in [0.15, 0.2) is 0 Å². The van der Waals surface area contributed by atoms with Crippen LogP contribution in [0.2, 0.25) is 0 Å². The molecule has 8 saturated heterocycles. The monoisotopic (exact) mass is 1210 g/mol. The zero-order chi connectivity index (χ0) is 60.1. The lowest BCUT2D eigenvalue weighted by Crippen LogP contribution is -2.70. The van der Waals surface area contributed by atoms with Gasteiger partial charge in [0.1, 0.15) is 165 Å². The van der Waals surface area contributed by atoms with Crippen LogP contribution in [-0.2, 0) is 71.1 Å². The van der Waals surface area contributed by atoms with Crippen molar-refractivity contribution in [1.82, 2.24) is 0 Å². The molecule has 36 nitrogen and oxygen atoms in total. The molecule has 82 heavy (non-hydrogen) atoms. The second-order valence-electron chi connectivity index (χ2n) is 21.4. The minimum Gasteiger partial charge on any atom is -0.394 e. The smallest absolute Gasteiger partial charge is 0.187 e. The van der Waals surface area contributed by atoms with Gasteiger partial charge in [-0.25, -0.2) is 0 Å². The van der Waals surface area contributed by atoms with E-state index >= 15 is 0 Å². The maximum atomic E-state index is 12.1. The summed E-state index contributed by atoms with van der Waals surface area (Å²) in [7, 11) is 0. The lowest BCUT2D eigenvalue weighted by Gasteiger charge is -2.52. The summed E-state index contributed by atoms with van der Waals surface area (Å²) in [6, 6.07) is 0. The van der Waals surface area contributed by atoms with Gasteiger partial charge in [-0.05, 0) is 20.8 Å². The normalized spacial score (nSPS) is 55.3. The summed E-state index contributed by atoms with van der Waals surface area (Å²) in [5.74, 6) is 0. The number of aliphatic hydroxyl groups is 21. The average Bonchev–Trinajstić information content (AvgIpc) is 3.66. The number of ether oxygens (including phenoxy) is 15. The maximum Gasteiger partial charge on any atom is 0.187 e. The van der Waals surface area contributed by atoms with E-state index in [4.69, 9.17) is 71.1 Å². The Hall–Kier alpha value is -1.44. The predicted molar refractivity (Wildman–Crippen MR) is 248 cm³/mol. The minimum absolute atomic E-state index is 0.620. The molecule has 0 radical (unpaired) electrons. The average molecular weight is 1210 g/mol. The Balaban J connectivity index is 1.17. The number of hydrogen-bond acceptors (Lipinski definition) is 36. The molecular formula is C46H78O36. The van der Waals surface area contributed by atoms with Crippen molar-refractivity contribution in [3.8, 4) is 0 Å². The lowest BCUT2D eigenvalue weighted by atomic mass is 9.94. The van der Waals surface area contributed by atoms with E-state index in [9.17, 15) is 107 Å². The molecule has 0 unspecified atom stereocenters. The van der Waals surface area contributed by atoms with Gasteiger partial charge in [-0.1, -0.05) is 0 Å². The molecule has 8 fully saturated rings. The van der Waals surface area contributed by atoms with Gasteiger partial charge in [0.25, 0.3) is 0 Å². The highest BCUT2D eigenvalue weighted by molar-refractivity contribution is 5.01. The summed E-state index contributed by atoms with van der Waals surface area (Å²) in [6.07, 6.45) is -72.5. The standard InChI is InChI=1S/C46H78O36/c1-9-17(51)23(57)28(62)42(70-9)76-16-8-69-41(27(61)22(16)56)77-33-11(3)72-46(80-36-31(65)39(67)73-15(6-49)34(36)78-40-26(60)19(53)12(50)7-68-40)38(82-44-30(64)25(59)21(55)14(5-48)75-44)37(33)81-45-32(66)35(18(52)10(2)71-45)79-43-29(63)24(58)20(54)13(4-47)74-43/h9-67H,4-8H2,1-3H3/t9-,10+,11-,12+,13+,14+,15+,16+,17-,18+,19-,20+,21-,22-,23+,24-,25-,26+,27+,28+,29-,30+,31+,32-,33+,34+,35-,36+,37+,38-,39+,40-,41-,42+,43+,44+,45+,46-/m0/s1. The first-order valence-electron chi connectivity index (χ1n) is 26.5. The first-order chi connectivity index (χ1) is 38.7. The Bertz CT molecular complexity index is 1970.